The summed E-state index contributed by atoms with van der Waals surface area (Å²) in [6.07, 6.45) is 0.0616. The Kier molecular flexibility index (Phi) is 5.91. The Balaban J connectivity index is 1.61. The summed E-state index contributed by atoms with van der Waals surface area (Å²) < 4.78 is 32.9. The molecule has 0 aliphatic rings. The first kappa shape index (κ1) is 18.0. The van der Waals surface area contributed by atoms with E-state index in [0.29, 0.717) is 11.3 Å². The Morgan fingerprint density at radius 2 is 1.88 bits per heavy atom. The van der Waals surface area contributed by atoms with Crippen LogP contribution in [0.5, 0.6) is 5.75 Å². The lowest BCUT2D eigenvalue weighted by Crippen LogP contribution is -2.26. The van der Waals surface area contributed by atoms with Crippen LogP contribution < -0.4 is 10.1 Å². The van der Waals surface area contributed by atoms with Gasteiger partial charge in [-0.25, -0.2) is 13.8 Å². The molecule has 1 N–H and O–H groups in total. The first-order valence-electron chi connectivity index (χ1n) is 7.95. The van der Waals surface area contributed by atoms with Gasteiger partial charge in [-0.1, -0.05) is 18.2 Å². The van der Waals surface area contributed by atoms with Crippen LogP contribution in [-0.2, 0) is 13.0 Å². The van der Waals surface area contributed by atoms with E-state index < -0.39 is 11.6 Å². The molecule has 3 rings (SSSR count). The van der Waals surface area contributed by atoms with Gasteiger partial charge < -0.3 is 10.1 Å². The van der Waals surface area contributed by atoms with Crippen LogP contribution in [0.25, 0.3) is 0 Å². The van der Waals surface area contributed by atoms with Gasteiger partial charge >= 0.3 is 0 Å². The number of hydrogen-bond acceptors (Lipinski definition) is 4. The highest BCUT2D eigenvalue weighted by molar-refractivity contribution is 7.07. The van der Waals surface area contributed by atoms with Gasteiger partial charge in [0.2, 0.25) is 0 Å². The van der Waals surface area contributed by atoms with E-state index in [-0.39, 0.29) is 31.0 Å². The number of hydrogen-bond donors (Lipinski definition) is 1. The molecule has 0 radical (unpaired) electrons. The van der Waals surface area contributed by atoms with Crippen LogP contribution in [0.3, 0.4) is 0 Å². The summed E-state index contributed by atoms with van der Waals surface area (Å²) >= 11 is 1.46. The lowest BCUT2D eigenvalue weighted by atomic mass is 10.1. The lowest BCUT2D eigenvalue weighted by Gasteiger charge is -2.11. The van der Waals surface area contributed by atoms with E-state index in [9.17, 15) is 13.6 Å². The minimum absolute atomic E-state index is 0.0409. The molecule has 1 aromatic heterocycles. The van der Waals surface area contributed by atoms with Crippen molar-refractivity contribution >= 4 is 17.2 Å². The Morgan fingerprint density at radius 1 is 1.12 bits per heavy atom. The third kappa shape index (κ3) is 4.43. The molecule has 3 aromatic rings. The van der Waals surface area contributed by atoms with E-state index in [4.69, 9.17) is 4.74 Å². The van der Waals surface area contributed by atoms with Crippen LogP contribution >= 0.6 is 11.3 Å². The second kappa shape index (κ2) is 8.53. The fourth-order valence-electron chi connectivity index (χ4n) is 2.41. The number of carbonyl (C=O) groups is 1. The summed E-state index contributed by atoms with van der Waals surface area (Å²) in [6.45, 7) is 0.366. The molecule has 4 nitrogen and oxygen atoms in total. The van der Waals surface area contributed by atoms with Crippen molar-refractivity contribution in [2.45, 2.75) is 13.0 Å². The molecule has 134 valence electrons. The Labute approximate surface area is 153 Å². The Morgan fingerprint density at radius 3 is 2.62 bits per heavy atom. The number of thiazole rings is 1. The molecule has 0 unspecified atom stereocenters. The summed E-state index contributed by atoms with van der Waals surface area (Å²) in [6, 6.07) is 10.5. The van der Waals surface area contributed by atoms with E-state index in [2.05, 4.69) is 10.3 Å². The van der Waals surface area contributed by atoms with Crippen LogP contribution in [-0.4, -0.2) is 17.4 Å². The minimum Gasteiger partial charge on any atom is -0.486 e. The number of para-hydroxylation sites is 1. The molecular formula is C19H16F2N2O2S. The smallest absolute Gasteiger partial charge is 0.255 e. The zero-order chi connectivity index (χ0) is 18.4. The molecule has 0 bridgehead atoms. The summed E-state index contributed by atoms with van der Waals surface area (Å²) in [5.74, 6) is -1.18. The van der Waals surface area contributed by atoms with Crippen molar-refractivity contribution in [3.05, 3.63) is 81.8 Å². The van der Waals surface area contributed by atoms with Gasteiger partial charge in [-0.3, -0.25) is 4.79 Å². The van der Waals surface area contributed by atoms with E-state index in [1.807, 2.05) is 5.38 Å². The Bertz CT molecular complexity index is 865. The van der Waals surface area contributed by atoms with Gasteiger partial charge in [-0.05, 0) is 30.7 Å². The SMILES string of the molecule is O=C(NCCc1c(F)cccc1F)c1ccccc1OCc1cscn1. The number of ether oxygens (including phenoxy) is 1. The van der Waals surface area contributed by atoms with Gasteiger partial charge in [-0.15, -0.1) is 11.3 Å². The molecule has 1 heterocycles. The van der Waals surface area contributed by atoms with Crippen LogP contribution in [0, 0.1) is 11.6 Å². The monoisotopic (exact) mass is 374 g/mol. The molecule has 2 aromatic carbocycles. The van der Waals surface area contributed by atoms with E-state index >= 15 is 0 Å². The molecular weight excluding hydrogens is 358 g/mol. The molecule has 1 amide bonds. The highest BCUT2D eigenvalue weighted by Crippen LogP contribution is 2.19. The van der Waals surface area contributed by atoms with Gasteiger partial charge in [-0.2, -0.15) is 0 Å². The fourth-order valence-corrected chi connectivity index (χ4v) is 2.95. The molecule has 0 fully saturated rings. The van der Waals surface area contributed by atoms with Gasteiger partial charge in [0.1, 0.15) is 24.0 Å². The predicted molar refractivity (Wildman–Crippen MR) is 95.3 cm³/mol. The minimum atomic E-state index is -0.619. The van der Waals surface area contributed by atoms with Gasteiger partial charge in [0.25, 0.3) is 5.91 Å². The van der Waals surface area contributed by atoms with Crippen molar-refractivity contribution in [1.82, 2.24) is 10.3 Å². The van der Waals surface area contributed by atoms with Crippen molar-refractivity contribution in [2.24, 2.45) is 0 Å². The highest BCUT2D eigenvalue weighted by Gasteiger charge is 2.13. The number of halogens is 2. The number of carbonyl (C=O) groups excluding carboxylic acids is 1. The largest absolute Gasteiger partial charge is 0.486 e. The zero-order valence-electron chi connectivity index (χ0n) is 13.7. The fraction of sp³-hybridized carbons (Fsp3) is 0.158. The predicted octanol–water partition coefficient (Wildman–Crippen LogP) is 3.97. The maximum absolute atomic E-state index is 13.6. The third-order valence-corrected chi connectivity index (χ3v) is 4.35. The van der Waals surface area contributed by atoms with Gasteiger partial charge in [0.15, 0.2) is 0 Å². The van der Waals surface area contributed by atoms with Crippen LogP contribution in [0.15, 0.2) is 53.4 Å². The van der Waals surface area contributed by atoms with E-state index in [1.165, 1.54) is 29.5 Å². The molecule has 0 saturated heterocycles. The summed E-state index contributed by atoms with van der Waals surface area (Å²) in [4.78, 5) is 16.5. The van der Waals surface area contributed by atoms with Crippen molar-refractivity contribution in [3.63, 3.8) is 0 Å². The third-order valence-electron chi connectivity index (χ3n) is 3.71. The lowest BCUT2D eigenvalue weighted by molar-refractivity contribution is 0.0949. The quantitative estimate of drug-likeness (QED) is 0.681. The summed E-state index contributed by atoms with van der Waals surface area (Å²) in [7, 11) is 0. The number of nitrogens with one attached hydrogen (secondary N) is 1. The van der Waals surface area contributed by atoms with Crippen LogP contribution in [0.2, 0.25) is 0 Å². The number of aromatic nitrogens is 1. The molecule has 26 heavy (non-hydrogen) atoms. The van der Waals surface area contributed by atoms with Gasteiger partial charge in [0.05, 0.1) is 16.8 Å². The normalized spacial score (nSPS) is 10.5. The zero-order valence-corrected chi connectivity index (χ0v) is 14.6. The maximum atomic E-state index is 13.6. The second-order valence-electron chi connectivity index (χ2n) is 5.47. The molecule has 7 heteroatoms. The molecule has 0 aliphatic heterocycles. The van der Waals surface area contributed by atoms with Crippen molar-refractivity contribution < 1.29 is 18.3 Å². The van der Waals surface area contributed by atoms with Crippen LogP contribution in [0.4, 0.5) is 8.78 Å². The number of amides is 1. The molecule has 0 saturated carbocycles. The molecule has 0 aliphatic carbocycles. The molecule has 0 atom stereocenters. The highest BCUT2D eigenvalue weighted by atomic mass is 32.1. The second-order valence-corrected chi connectivity index (χ2v) is 6.19. The summed E-state index contributed by atoms with van der Waals surface area (Å²) in [5, 5.41) is 4.54. The standard InChI is InChI=1S/C19H16F2N2O2S/c20-16-5-3-6-17(21)14(16)8-9-22-19(24)15-4-1-2-7-18(15)25-10-13-11-26-12-23-13/h1-7,11-12H,8-10H2,(H,22,24). The van der Waals surface area contributed by atoms with Crippen LogP contribution in [0.1, 0.15) is 21.6 Å². The van der Waals surface area contributed by atoms with E-state index in [1.54, 1.807) is 29.8 Å². The van der Waals surface area contributed by atoms with E-state index in [0.717, 1.165) is 5.69 Å². The maximum Gasteiger partial charge on any atom is 0.255 e. The molecule has 0 spiro atoms. The average Bonchev–Trinajstić information content (AvgIpc) is 3.16. The van der Waals surface area contributed by atoms with Crippen molar-refractivity contribution in [2.75, 3.05) is 6.54 Å². The Hall–Kier alpha value is -2.80. The first-order chi connectivity index (χ1) is 12.6. The average molecular weight is 374 g/mol. The van der Waals surface area contributed by atoms with Crippen molar-refractivity contribution in [3.8, 4) is 5.75 Å². The van der Waals surface area contributed by atoms with Crippen molar-refractivity contribution in [1.29, 1.82) is 0 Å². The topological polar surface area (TPSA) is 51.2 Å². The number of benzene rings is 2. The van der Waals surface area contributed by atoms with Gasteiger partial charge in [0, 0.05) is 17.5 Å². The number of nitrogens with zero attached hydrogens (tertiary/aromatic N) is 1. The summed E-state index contributed by atoms with van der Waals surface area (Å²) in [5.41, 5.74) is 2.80. The number of rotatable bonds is 7. The first-order valence-corrected chi connectivity index (χ1v) is 8.89.